The van der Waals surface area contributed by atoms with E-state index in [1.54, 1.807) is 0 Å². The van der Waals surface area contributed by atoms with Gasteiger partial charge in [0.05, 0.1) is 23.6 Å². The number of carbonyl (C=O) groups excluding carboxylic acids is 4. The Balaban J connectivity index is 2.15. The molecule has 2 amide bonds. The number of hydrogen-bond acceptors (Lipinski definition) is 8. The molecule has 0 atom stereocenters. The molecule has 0 aromatic heterocycles. The highest BCUT2D eigenvalue weighted by atomic mass is 35.5. The molecule has 8 nitrogen and oxygen atoms in total. The van der Waals surface area contributed by atoms with Crippen LogP contribution in [-0.4, -0.2) is 50.5 Å². The van der Waals surface area contributed by atoms with Crippen molar-refractivity contribution in [3.63, 3.8) is 0 Å². The van der Waals surface area contributed by atoms with Crippen LogP contribution >= 0.6 is 23.4 Å². The fourth-order valence-electron chi connectivity index (χ4n) is 3.76. The van der Waals surface area contributed by atoms with Crippen molar-refractivity contribution in [1.82, 2.24) is 0 Å². The normalized spacial score (nSPS) is 13.2. The zero-order valence-corrected chi connectivity index (χ0v) is 22.1. The van der Waals surface area contributed by atoms with E-state index in [1.165, 1.54) is 26.4 Å². The Labute approximate surface area is 226 Å². The molecule has 3 rings (SSSR count). The van der Waals surface area contributed by atoms with Crippen LogP contribution in [0.15, 0.2) is 52.4 Å². The van der Waals surface area contributed by atoms with Gasteiger partial charge >= 0.3 is 11.9 Å². The first-order chi connectivity index (χ1) is 18.2. The van der Waals surface area contributed by atoms with Crippen molar-refractivity contribution in [3.05, 3.63) is 69.8 Å². The standard InChI is InChI=1S/C26H24ClF2NO7S/c1-35-14-37-26(34)18-9-4-3-8-17(18)25(33)30(24(32)15-6-5-7-16(28)10-15)21-12-22(19(27)11-20(21)29)38-13-23(31)36-2/h5-7,10-12H,3-4,8-9,13-14H2,1-2H3. The molecule has 0 radical (unpaired) electrons. The van der Waals surface area contributed by atoms with Crippen LogP contribution in [0.2, 0.25) is 5.02 Å². The molecule has 2 aromatic carbocycles. The minimum absolute atomic E-state index is 0.0276. The van der Waals surface area contributed by atoms with Crippen LogP contribution in [0, 0.1) is 11.6 Å². The third-order valence-corrected chi connectivity index (χ3v) is 7.03. The molecule has 12 heteroatoms. The molecule has 0 saturated heterocycles. The number of rotatable bonds is 9. The van der Waals surface area contributed by atoms with Gasteiger partial charge < -0.3 is 14.2 Å². The lowest BCUT2D eigenvalue weighted by Gasteiger charge is -2.26. The van der Waals surface area contributed by atoms with E-state index in [9.17, 15) is 23.6 Å². The van der Waals surface area contributed by atoms with Crippen molar-refractivity contribution in [1.29, 1.82) is 0 Å². The molecular formula is C26H24ClF2NO7S. The molecule has 0 aliphatic heterocycles. The second-order valence-corrected chi connectivity index (χ2v) is 9.48. The number of methoxy groups -OCH3 is 2. The topological polar surface area (TPSA) is 99.2 Å². The Kier molecular flexibility index (Phi) is 10.4. The van der Waals surface area contributed by atoms with E-state index >= 15 is 4.39 Å². The predicted octanol–water partition coefficient (Wildman–Crippen LogP) is 5.07. The van der Waals surface area contributed by atoms with Crippen molar-refractivity contribution in [3.8, 4) is 0 Å². The van der Waals surface area contributed by atoms with Crippen LogP contribution < -0.4 is 4.90 Å². The van der Waals surface area contributed by atoms with Crippen molar-refractivity contribution < 1.29 is 42.2 Å². The second kappa shape index (κ2) is 13.5. The summed E-state index contributed by atoms with van der Waals surface area (Å²) >= 11 is 7.07. The van der Waals surface area contributed by atoms with E-state index in [0.29, 0.717) is 17.7 Å². The van der Waals surface area contributed by atoms with Gasteiger partial charge in [-0.3, -0.25) is 14.4 Å². The predicted molar refractivity (Wildman–Crippen MR) is 136 cm³/mol. The zero-order valence-electron chi connectivity index (χ0n) is 20.6. The number of ether oxygens (including phenoxy) is 3. The van der Waals surface area contributed by atoms with Crippen LogP contribution in [0.1, 0.15) is 36.0 Å². The van der Waals surface area contributed by atoms with Crippen molar-refractivity contribution in [2.75, 3.05) is 31.7 Å². The van der Waals surface area contributed by atoms with E-state index in [1.807, 2.05) is 0 Å². The average molecular weight is 568 g/mol. The molecule has 0 saturated carbocycles. The van der Waals surface area contributed by atoms with Gasteiger partial charge in [0.25, 0.3) is 11.8 Å². The van der Waals surface area contributed by atoms with Gasteiger partial charge in [-0.2, -0.15) is 0 Å². The molecule has 1 aliphatic rings. The number of esters is 2. The number of halogens is 3. The molecule has 0 unspecified atom stereocenters. The summed E-state index contributed by atoms with van der Waals surface area (Å²) < 4.78 is 43.7. The van der Waals surface area contributed by atoms with Gasteiger partial charge in [0, 0.05) is 28.7 Å². The summed E-state index contributed by atoms with van der Waals surface area (Å²) in [5, 5.41) is -0.0635. The maximum absolute atomic E-state index is 15.3. The lowest BCUT2D eigenvalue weighted by molar-refractivity contribution is -0.149. The number of hydrogen-bond donors (Lipinski definition) is 0. The van der Waals surface area contributed by atoms with E-state index in [4.69, 9.17) is 21.1 Å². The number of imide groups is 1. The monoisotopic (exact) mass is 567 g/mol. The highest BCUT2D eigenvalue weighted by Gasteiger charge is 2.34. The summed E-state index contributed by atoms with van der Waals surface area (Å²) in [5.74, 6) is -5.29. The third-order valence-electron chi connectivity index (χ3n) is 5.57. The second-order valence-electron chi connectivity index (χ2n) is 8.06. The molecule has 0 N–H and O–H groups in total. The summed E-state index contributed by atoms with van der Waals surface area (Å²) in [5.41, 5.74) is -0.690. The van der Waals surface area contributed by atoms with E-state index in [0.717, 1.165) is 36.0 Å². The number of benzene rings is 2. The largest absolute Gasteiger partial charge is 0.468 e. The van der Waals surface area contributed by atoms with Crippen LogP contribution in [0.5, 0.6) is 0 Å². The van der Waals surface area contributed by atoms with Gasteiger partial charge in [-0.15, -0.1) is 11.8 Å². The molecule has 0 fully saturated rings. The Bertz CT molecular complexity index is 1280. The van der Waals surface area contributed by atoms with Crippen LogP contribution in [-0.2, 0) is 28.6 Å². The number of nitrogens with zero attached hydrogens (tertiary/aromatic N) is 1. The minimum Gasteiger partial charge on any atom is -0.468 e. The van der Waals surface area contributed by atoms with Crippen molar-refractivity contribution >= 4 is 52.8 Å². The number of thioether (sulfide) groups is 1. The van der Waals surface area contributed by atoms with Crippen LogP contribution in [0.3, 0.4) is 0 Å². The van der Waals surface area contributed by atoms with E-state index in [-0.39, 0.29) is 52.0 Å². The lowest BCUT2D eigenvalue weighted by Crippen LogP contribution is -2.40. The van der Waals surface area contributed by atoms with E-state index < -0.39 is 41.1 Å². The zero-order chi connectivity index (χ0) is 27.8. The van der Waals surface area contributed by atoms with Crippen molar-refractivity contribution in [2.45, 2.75) is 30.6 Å². The molecule has 38 heavy (non-hydrogen) atoms. The first kappa shape index (κ1) is 29.3. The lowest BCUT2D eigenvalue weighted by atomic mass is 9.90. The van der Waals surface area contributed by atoms with Gasteiger partial charge in [-0.1, -0.05) is 17.7 Å². The van der Waals surface area contributed by atoms with Gasteiger partial charge in [0.15, 0.2) is 6.79 Å². The van der Waals surface area contributed by atoms with Crippen molar-refractivity contribution in [2.24, 2.45) is 0 Å². The van der Waals surface area contributed by atoms with Crippen LogP contribution in [0.25, 0.3) is 0 Å². The Morgan fingerprint density at radius 2 is 1.71 bits per heavy atom. The maximum atomic E-state index is 15.3. The summed E-state index contributed by atoms with van der Waals surface area (Å²) in [7, 11) is 2.53. The van der Waals surface area contributed by atoms with E-state index in [2.05, 4.69) is 4.74 Å². The molecule has 0 bridgehead atoms. The van der Waals surface area contributed by atoms with Crippen LogP contribution in [0.4, 0.5) is 14.5 Å². The summed E-state index contributed by atoms with van der Waals surface area (Å²) in [6.45, 7) is -0.345. The first-order valence-corrected chi connectivity index (χ1v) is 12.7. The quantitative estimate of drug-likeness (QED) is 0.179. The van der Waals surface area contributed by atoms with Gasteiger partial charge in [0.2, 0.25) is 0 Å². The molecular weight excluding hydrogens is 544 g/mol. The Morgan fingerprint density at radius 3 is 2.37 bits per heavy atom. The maximum Gasteiger partial charge on any atom is 0.336 e. The highest BCUT2D eigenvalue weighted by molar-refractivity contribution is 8.00. The summed E-state index contributed by atoms with van der Waals surface area (Å²) in [6, 6.07) is 6.61. The minimum atomic E-state index is -1.03. The number of amides is 2. The average Bonchev–Trinajstić information content (AvgIpc) is 2.91. The number of carbonyl (C=O) groups is 4. The number of anilines is 1. The molecule has 2 aromatic rings. The SMILES string of the molecule is COCOC(=O)C1=C(C(=O)N(C(=O)c2cccc(F)c2)c2cc(SCC(=O)OC)c(Cl)cc2F)CCCC1. The van der Waals surface area contributed by atoms with Gasteiger partial charge in [-0.25, -0.2) is 18.5 Å². The fourth-order valence-corrected chi connectivity index (χ4v) is 4.86. The molecule has 0 spiro atoms. The Morgan fingerprint density at radius 1 is 1.00 bits per heavy atom. The van der Waals surface area contributed by atoms with Gasteiger partial charge in [0.1, 0.15) is 11.6 Å². The summed E-state index contributed by atoms with van der Waals surface area (Å²) in [4.78, 5) is 52.5. The molecule has 0 heterocycles. The molecule has 202 valence electrons. The first-order valence-electron chi connectivity index (χ1n) is 11.4. The Hall–Kier alpha value is -3.28. The van der Waals surface area contributed by atoms with Gasteiger partial charge in [-0.05, 0) is 56.0 Å². The fraction of sp³-hybridized carbons (Fsp3) is 0.308. The highest BCUT2D eigenvalue weighted by Crippen LogP contribution is 2.36. The summed E-state index contributed by atoms with van der Waals surface area (Å²) in [6.07, 6.45) is 1.46. The third kappa shape index (κ3) is 6.97. The molecule has 1 aliphatic carbocycles. The smallest absolute Gasteiger partial charge is 0.336 e.